The number of aryl methyl sites for hydroxylation is 1. The highest BCUT2D eigenvalue weighted by Crippen LogP contribution is 2.28. The largest absolute Gasteiger partial charge is 0.496 e. The van der Waals surface area contributed by atoms with Crippen LogP contribution in [0.2, 0.25) is 0 Å². The highest BCUT2D eigenvalue weighted by molar-refractivity contribution is 6.11. The molecule has 104 valence electrons. The van der Waals surface area contributed by atoms with Crippen molar-refractivity contribution in [2.75, 3.05) is 7.11 Å². The zero-order chi connectivity index (χ0) is 14.7. The van der Waals surface area contributed by atoms with E-state index in [1.54, 1.807) is 31.5 Å². The van der Waals surface area contributed by atoms with E-state index in [1.165, 1.54) is 0 Å². The highest BCUT2D eigenvalue weighted by Gasteiger charge is 2.17. The van der Waals surface area contributed by atoms with Crippen LogP contribution in [0.25, 0.3) is 0 Å². The van der Waals surface area contributed by atoms with E-state index in [9.17, 15) is 4.79 Å². The van der Waals surface area contributed by atoms with Crippen molar-refractivity contribution in [2.45, 2.75) is 20.4 Å². The number of aromatic nitrogens is 1. The summed E-state index contributed by atoms with van der Waals surface area (Å²) >= 11 is 0. The van der Waals surface area contributed by atoms with Crippen LogP contribution in [0.5, 0.6) is 5.75 Å². The smallest absolute Gasteiger partial charge is 0.196 e. The lowest BCUT2D eigenvalue weighted by atomic mass is 9.98. The molecule has 0 aliphatic heterocycles. The molecule has 4 heteroatoms. The van der Waals surface area contributed by atoms with E-state index < -0.39 is 0 Å². The number of hydrogen-bond donors (Lipinski definition) is 1. The fourth-order valence-corrected chi connectivity index (χ4v) is 2.12. The molecule has 0 spiro atoms. The van der Waals surface area contributed by atoms with Crippen LogP contribution in [0.15, 0.2) is 30.5 Å². The van der Waals surface area contributed by atoms with E-state index >= 15 is 0 Å². The molecule has 0 aliphatic rings. The van der Waals surface area contributed by atoms with E-state index in [0.29, 0.717) is 29.1 Å². The van der Waals surface area contributed by atoms with Crippen molar-refractivity contribution in [2.24, 2.45) is 5.73 Å². The average Bonchev–Trinajstić information content (AvgIpc) is 2.49. The van der Waals surface area contributed by atoms with Crippen molar-refractivity contribution < 1.29 is 9.53 Å². The molecule has 20 heavy (non-hydrogen) atoms. The normalized spacial score (nSPS) is 10.4. The van der Waals surface area contributed by atoms with Crippen LogP contribution in [0.3, 0.4) is 0 Å². The molecule has 2 aromatic rings. The Labute approximate surface area is 118 Å². The number of nitrogens with zero attached hydrogens (tertiary/aromatic N) is 1. The van der Waals surface area contributed by atoms with Crippen molar-refractivity contribution >= 4 is 5.78 Å². The summed E-state index contributed by atoms with van der Waals surface area (Å²) in [5, 5.41) is 0. The van der Waals surface area contributed by atoms with Gasteiger partial charge in [-0.25, -0.2) is 0 Å². The third kappa shape index (κ3) is 2.56. The Morgan fingerprint density at radius 1 is 1.30 bits per heavy atom. The molecule has 0 radical (unpaired) electrons. The Hall–Kier alpha value is -2.20. The Bertz CT molecular complexity index is 651. The molecule has 4 nitrogen and oxygen atoms in total. The number of pyridine rings is 1. The zero-order valence-electron chi connectivity index (χ0n) is 11.9. The number of nitrogens with two attached hydrogens (primary N) is 1. The van der Waals surface area contributed by atoms with Gasteiger partial charge in [0.25, 0.3) is 0 Å². The van der Waals surface area contributed by atoms with E-state index in [4.69, 9.17) is 10.5 Å². The summed E-state index contributed by atoms with van der Waals surface area (Å²) < 4.78 is 5.39. The summed E-state index contributed by atoms with van der Waals surface area (Å²) in [6.45, 7) is 4.25. The van der Waals surface area contributed by atoms with Crippen LogP contribution >= 0.6 is 0 Å². The first-order chi connectivity index (χ1) is 9.58. The van der Waals surface area contributed by atoms with E-state index in [1.807, 2.05) is 19.9 Å². The van der Waals surface area contributed by atoms with Crippen molar-refractivity contribution in [1.29, 1.82) is 0 Å². The second kappa shape index (κ2) is 5.84. The van der Waals surface area contributed by atoms with Crippen molar-refractivity contribution in [3.63, 3.8) is 0 Å². The van der Waals surface area contributed by atoms with Crippen molar-refractivity contribution in [3.05, 3.63) is 58.4 Å². The maximum absolute atomic E-state index is 12.6. The van der Waals surface area contributed by atoms with Gasteiger partial charge in [0.15, 0.2) is 5.78 Å². The van der Waals surface area contributed by atoms with Crippen LogP contribution in [-0.4, -0.2) is 17.9 Å². The van der Waals surface area contributed by atoms with Gasteiger partial charge in [-0.15, -0.1) is 0 Å². The van der Waals surface area contributed by atoms with Gasteiger partial charge in [-0.05, 0) is 43.2 Å². The first kappa shape index (κ1) is 14.2. The Balaban J connectivity index is 2.50. The minimum atomic E-state index is -0.0814. The average molecular weight is 270 g/mol. The van der Waals surface area contributed by atoms with Crippen LogP contribution in [0, 0.1) is 13.8 Å². The van der Waals surface area contributed by atoms with E-state index in [0.717, 1.165) is 11.1 Å². The van der Waals surface area contributed by atoms with Crippen LogP contribution < -0.4 is 10.5 Å². The van der Waals surface area contributed by atoms with Crippen LogP contribution in [0.1, 0.15) is 32.7 Å². The lowest BCUT2D eigenvalue weighted by molar-refractivity contribution is 0.103. The molecular weight excluding hydrogens is 252 g/mol. The molecule has 0 fully saturated rings. The maximum Gasteiger partial charge on any atom is 0.196 e. The summed E-state index contributed by atoms with van der Waals surface area (Å²) in [5.41, 5.74) is 9.46. The first-order valence-electron chi connectivity index (χ1n) is 6.42. The van der Waals surface area contributed by atoms with E-state index in [-0.39, 0.29) is 5.78 Å². The SMILES string of the molecule is COc1c(C(=O)c2ccnc(CN)c2)ccc(C)c1C. The number of methoxy groups -OCH3 is 1. The number of benzene rings is 1. The molecule has 1 aromatic heterocycles. The lowest BCUT2D eigenvalue weighted by Gasteiger charge is -2.13. The molecule has 0 unspecified atom stereocenters. The van der Waals surface area contributed by atoms with E-state index in [2.05, 4.69) is 4.98 Å². The predicted octanol–water partition coefficient (Wildman–Crippen LogP) is 2.40. The van der Waals surface area contributed by atoms with Gasteiger partial charge in [-0.3, -0.25) is 9.78 Å². The topological polar surface area (TPSA) is 65.2 Å². The molecule has 0 saturated heterocycles. The minimum absolute atomic E-state index is 0.0814. The monoisotopic (exact) mass is 270 g/mol. The molecule has 0 aliphatic carbocycles. The standard InChI is InChI=1S/C16H18N2O2/c1-10-4-5-14(16(20-3)11(10)2)15(19)12-6-7-18-13(8-12)9-17/h4-8H,9,17H2,1-3H3. The second-order valence-electron chi connectivity index (χ2n) is 4.66. The molecule has 2 N–H and O–H groups in total. The molecule has 1 heterocycles. The molecule has 0 amide bonds. The molecule has 2 rings (SSSR count). The summed E-state index contributed by atoms with van der Waals surface area (Å²) in [7, 11) is 1.58. The van der Waals surface area contributed by atoms with Gasteiger partial charge in [-0.2, -0.15) is 0 Å². The van der Waals surface area contributed by atoms with Crippen LogP contribution in [0.4, 0.5) is 0 Å². The van der Waals surface area contributed by atoms with Gasteiger partial charge in [0.2, 0.25) is 0 Å². The van der Waals surface area contributed by atoms with Crippen molar-refractivity contribution in [1.82, 2.24) is 4.98 Å². The Kier molecular flexibility index (Phi) is 4.15. The first-order valence-corrected chi connectivity index (χ1v) is 6.42. The van der Waals surface area contributed by atoms with Gasteiger partial charge in [0.05, 0.1) is 18.4 Å². The fourth-order valence-electron chi connectivity index (χ4n) is 2.12. The summed E-state index contributed by atoms with van der Waals surface area (Å²) in [5.74, 6) is 0.545. The quantitative estimate of drug-likeness (QED) is 0.866. The maximum atomic E-state index is 12.6. The number of carbonyl (C=O) groups is 1. The molecule has 1 aromatic carbocycles. The van der Waals surface area contributed by atoms with Gasteiger partial charge >= 0.3 is 0 Å². The third-order valence-electron chi connectivity index (χ3n) is 3.41. The number of carbonyl (C=O) groups excluding carboxylic acids is 1. The zero-order valence-corrected chi connectivity index (χ0v) is 11.9. The molecular formula is C16H18N2O2. The minimum Gasteiger partial charge on any atom is -0.496 e. The van der Waals surface area contributed by atoms with Gasteiger partial charge in [0, 0.05) is 18.3 Å². The molecule has 0 bridgehead atoms. The van der Waals surface area contributed by atoms with Gasteiger partial charge in [0.1, 0.15) is 5.75 Å². The summed E-state index contributed by atoms with van der Waals surface area (Å²) in [6, 6.07) is 7.13. The molecule has 0 atom stereocenters. The van der Waals surface area contributed by atoms with Crippen molar-refractivity contribution in [3.8, 4) is 5.75 Å². The third-order valence-corrected chi connectivity index (χ3v) is 3.41. The number of ether oxygens (including phenoxy) is 1. The molecule has 0 saturated carbocycles. The van der Waals surface area contributed by atoms with Gasteiger partial charge in [-0.1, -0.05) is 6.07 Å². The number of hydrogen-bond acceptors (Lipinski definition) is 4. The Morgan fingerprint density at radius 2 is 2.05 bits per heavy atom. The fraction of sp³-hybridized carbons (Fsp3) is 0.250. The Morgan fingerprint density at radius 3 is 2.70 bits per heavy atom. The highest BCUT2D eigenvalue weighted by atomic mass is 16.5. The second-order valence-corrected chi connectivity index (χ2v) is 4.66. The lowest BCUT2D eigenvalue weighted by Crippen LogP contribution is -2.08. The van der Waals surface area contributed by atoms with Crippen LogP contribution in [-0.2, 0) is 6.54 Å². The predicted molar refractivity (Wildman–Crippen MR) is 78.0 cm³/mol. The number of ketones is 1. The summed E-state index contributed by atoms with van der Waals surface area (Å²) in [4.78, 5) is 16.7. The summed E-state index contributed by atoms with van der Waals surface area (Å²) in [6.07, 6.45) is 1.60. The number of rotatable bonds is 4. The van der Waals surface area contributed by atoms with Gasteiger partial charge < -0.3 is 10.5 Å².